The molecule has 1 heterocycles. The van der Waals surface area contributed by atoms with Gasteiger partial charge < -0.3 is 14.3 Å². The van der Waals surface area contributed by atoms with E-state index in [4.69, 9.17) is 9.16 Å². The van der Waals surface area contributed by atoms with Gasteiger partial charge in [0, 0.05) is 6.54 Å². The maximum atomic E-state index is 12.4. The van der Waals surface area contributed by atoms with Crippen LogP contribution in [0.5, 0.6) is 0 Å². The summed E-state index contributed by atoms with van der Waals surface area (Å²) in [6.07, 6.45) is -0.422. The van der Waals surface area contributed by atoms with E-state index in [-0.39, 0.29) is 23.3 Å². The molecule has 1 N–H and O–H groups in total. The lowest BCUT2D eigenvalue weighted by Crippen LogP contribution is -2.52. The maximum Gasteiger partial charge on any atom is 0.410 e. The molecule has 0 bridgehead atoms. The summed E-state index contributed by atoms with van der Waals surface area (Å²) < 4.78 is 12.0. The average Bonchev–Trinajstić information content (AvgIpc) is 2.67. The standard InChI is InChI=1S/C17H35NO4Si/c1-12(19)14-13(22-23(8,9)17(5,6)7)10-11-18(14)15(20)21-16(2,3)4/h12-14,19H,10-11H2,1-9H3/t12-,13?,14?/m0/s1. The molecule has 0 radical (unpaired) electrons. The van der Waals surface area contributed by atoms with Crippen molar-refractivity contribution >= 4 is 14.4 Å². The Balaban J connectivity index is 2.91. The lowest BCUT2D eigenvalue weighted by atomic mass is 10.1. The Morgan fingerprint density at radius 2 is 1.74 bits per heavy atom. The van der Waals surface area contributed by atoms with E-state index in [2.05, 4.69) is 33.9 Å². The molecule has 2 unspecified atom stereocenters. The van der Waals surface area contributed by atoms with Gasteiger partial charge in [-0.1, -0.05) is 20.8 Å². The van der Waals surface area contributed by atoms with Crippen LogP contribution >= 0.6 is 0 Å². The van der Waals surface area contributed by atoms with Crippen molar-refractivity contribution in [3.8, 4) is 0 Å². The first-order valence-corrected chi connectivity index (χ1v) is 11.4. The Labute approximate surface area is 142 Å². The van der Waals surface area contributed by atoms with E-state index in [1.165, 1.54) is 0 Å². The summed E-state index contributed by atoms with van der Waals surface area (Å²) in [5, 5.41) is 10.3. The molecule has 1 fully saturated rings. The first-order valence-electron chi connectivity index (χ1n) is 8.51. The van der Waals surface area contributed by atoms with Crippen molar-refractivity contribution in [1.82, 2.24) is 4.90 Å². The number of aliphatic hydroxyl groups is 1. The molecular formula is C17H35NO4Si. The van der Waals surface area contributed by atoms with Crippen LogP contribution in [0.15, 0.2) is 0 Å². The Bertz CT molecular complexity index is 423. The first-order chi connectivity index (χ1) is 10.2. The molecule has 0 saturated carbocycles. The highest BCUT2D eigenvalue weighted by Crippen LogP contribution is 2.39. The smallest absolute Gasteiger partial charge is 0.410 e. The summed E-state index contributed by atoms with van der Waals surface area (Å²) in [7, 11) is -1.96. The Morgan fingerprint density at radius 1 is 1.22 bits per heavy atom. The molecule has 0 spiro atoms. The summed E-state index contributed by atoms with van der Waals surface area (Å²) in [6, 6.07) is -0.348. The number of carbonyl (C=O) groups excluding carboxylic acids is 1. The van der Waals surface area contributed by atoms with Crippen LogP contribution < -0.4 is 0 Å². The van der Waals surface area contributed by atoms with Crippen molar-refractivity contribution in [1.29, 1.82) is 0 Å². The summed E-state index contributed by atoms with van der Waals surface area (Å²) >= 11 is 0. The van der Waals surface area contributed by atoms with Crippen LogP contribution in [-0.2, 0) is 9.16 Å². The molecule has 6 heteroatoms. The second-order valence-corrected chi connectivity index (χ2v) is 13.9. The van der Waals surface area contributed by atoms with Gasteiger partial charge in [-0.15, -0.1) is 0 Å². The number of hydrogen-bond donors (Lipinski definition) is 1. The van der Waals surface area contributed by atoms with E-state index in [1.807, 2.05) is 20.8 Å². The topological polar surface area (TPSA) is 59.0 Å². The van der Waals surface area contributed by atoms with Crippen molar-refractivity contribution in [2.75, 3.05) is 6.54 Å². The van der Waals surface area contributed by atoms with Crippen molar-refractivity contribution in [3.63, 3.8) is 0 Å². The van der Waals surface area contributed by atoms with Crippen LogP contribution in [0, 0.1) is 0 Å². The van der Waals surface area contributed by atoms with Crippen LogP contribution in [0.4, 0.5) is 4.79 Å². The number of rotatable bonds is 3. The molecule has 1 rings (SSSR count). The van der Waals surface area contributed by atoms with E-state index < -0.39 is 20.0 Å². The number of amides is 1. The monoisotopic (exact) mass is 345 g/mol. The third kappa shape index (κ3) is 5.19. The summed E-state index contributed by atoms with van der Waals surface area (Å²) in [5.41, 5.74) is -0.543. The summed E-state index contributed by atoms with van der Waals surface area (Å²) in [6.45, 7) is 18.8. The van der Waals surface area contributed by atoms with Gasteiger partial charge >= 0.3 is 6.09 Å². The second kappa shape index (κ2) is 6.73. The molecule has 0 aliphatic carbocycles. The van der Waals surface area contributed by atoms with Gasteiger partial charge in [0.25, 0.3) is 0 Å². The lowest BCUT2D eigenvalue weighted by molar-refractivity contribution is -0.00811. The van der Waals surface area contributed by atoms with Crippen LogP contribution in [0.1, 0.15) is 54.9 Å². The number of aliphatic hydroxyl groups excluding tert-OH is 1. The third-order valence-electron chi connectivity index (χ3n) is 4.77. The van der Waals surface area contributed by atoms with Gasteiger partial charge in [-0.3, -0.25) is 4.90 Å². The van der Waals surface area contributed by atoms with Gasteiger partial charge in [0.05, 0.1) is 18.2 Å². The van der Waals surface area contributed by atoms with Crippen molar-refractivity contribution < 1.29 is 19.1 Å². The van der Waals surface area contributed by atoms with Crippen LogP contribution in [0.3, 0.4) is 0 Å². The van der Waals surface area contributed by atoms with Gasteiger partial charge in [-0.05, 0) is 52.2 Å². The number of likely N-dealkylation sites (tertiary alicyclic amines) is 1. The molecule has 1 aliphatic rings. The van der Waals surface area contributed by atoms with Crippen molar-refractivity contribution in [2.24, 2.45) is 0 Å². The predicted octanol–water partition coefficient (Wildman–Crippen LogP) is 3.77. The van der Waals surface area contributed by atoms with E-state index in [1.54, 1.807) is 11.8 Å². The first kappa shape index (κ1) is 20.5. The molecule has 0 aromatic carbocycles. The molecule has 5 nitrogen and oxygen atoms in total. The Kier molecular flexibility index (Phi) is 5.98. The van der Waals surface area contributed by atoms with Crippen LogP contribution in [0.2, 0.25) is 18.1 Å². The minimum absolute atomic E-state index is 0.0928. The van der Waals surface area contributed by atoms with E-state index in [0.717, 1.165) is 6.42 Å². The molecule has 23 heavy (non-hydrogen) atoms. The Hall–Kier alpha value is -0.593. The van der Waals surface area contributed by atoms with Crippen LogP contribution in [-0.4, -0.2) is 54.8 Å². The highest BCUT2D eigenvalue weighted by Gasteiger charge is 2.47. The minimum Gasteiger partial charge on any atom is -0.444 e. The predicted molar refractivity (Wildman–Crippen MR) is 95.1 cm³/mol. The molecular weight excluding hydrogens is 310 g/mol. The van der Waals surface area contributed by atoms with Gasteiger partial charge in [-0.2, -0.15) is 0 Å². The van der Waals surface area contributed by atoms with Gasteiger partial charge in [0.1, 0.15) is 5.60 Å². The highest BCUT2D eigenvalue weighted by atomic mass is 28.4. The van der Waals surface area contributed by atoms with E-state index in [0.29, 0.717) is 6.54 Å². The molecule has 1 amide bonds. The zero-order valence-electron chi connectivity index (χ0n) is 16.3. The molecule has 136 valence electrons. The van der Waals surface area contributed by atoms with E-state index in [9.17, 15) is 9.90 Å². The van der Waals surface area contributed by atoms with Gasteiger partial charge in [0.2, 0.25) is 0 Å². The fourth-order valence-electron chi connectivity index (χ4n) is 2.58. The molecule has 0 aromatic heterocycles. The fourth-order valence-corrected chi connectivity index (χ4v) is 3.94. The zero-order valence-corrected chi connectivity index (χ0v) is 17.3. The minimum atomic E-state index is -1.96. The van der Waals surface area contributed by atoms with Gasteiger partial charge in [-0.25, -0.2) is 4.79 Å². The van der Waals surface area contributed by atoms with Gasteiger partial charge in [0.15, 0.2) is 8.32 Å². The fraction of sp³-hybridized carbons (Fsp3) is 0.941. The molecule has 3 atom stereocenters. The normalized spacial score (nSPS) is 24.7. The number of carbonyl (C=O) groups is 1. The highest BCUT2D eigenvalue weighted by molar-refractivity contribution is 6.74. The second-order valence-electron chi connectivity index (χ2n) is 9.11. The summed E-state index contributed by atoms with van der Waals surface area (Å²) in [5.74, 6) is 0. The van der Waals surface area contributed by atoms with E-state index >= 15 is 0 Å². The molecule has 1 saturated heterocycles. The average molecular weight is 346 g/mol. The summed E-state index contributed by atoms with van der Waals surface area (Å²) in [4.78, 5) is 14.1. The molecule has 0 aromatic rings. The maximum absolute atomic E-state index is 12.4. The zero-order chi connectivity index (χ0) is 18.2. The van der Waals surface area contributed by atoms with Crippen molar-refractivity contribution in [3.05, 3.63) is 0 Å². The molecule has 1 aliphatic heterocycles. The number of ether oxygens (including phenoxy) is 1. The lowest BCUT2D eigenvalue weighted by Gasteiger charge is -2.41. The van der Waals surface area contributed by atoms with Crippen LogP contribution in [0.25, 0.3) is 0 Å². The third-order valence-corrected chi connectivity index (χ3v) is 9.27. The quantitative estimate of drug-likeness (QED) is 0.791. The SMILES string of the molecule is C[C@H](O)C1C(O[Si](C)(C)C(C)(C)C)CCN1C(=O)OC(C)(C)C. The Morgan fingerprint density at radius 3 is 2.13 bits per heavy atom. The number of hydrogen-bond acceptors (Lipinski definition) is 4. The number of nitrogens with zero attached hydrogens (tertiary/aromatic N) is 1. The van der Waals surface area contributed by atoms with Crippen molar-refractivity contribution in [2.45, 2.75) is 96.9 Å². The largest absolute Gasteiger partial charge is 0.444 e.